The van der Waals surface area contributed by atoms with E-state index in [1.165, 1.54) is 13.8 Å². The molecule has 0 spiro atoms. The summed E-state index contributed by atoms with van der Waals surface area (Å²) < 4.78 is 10.4. The number of rotatable bonds is 12. The number of carbonyl (C=O) groups excluding carboxylic acids is 5. The second kappa shape index (κ2) is 14.2. The van der Waals surface area contributed by atoms with Crippen molar-refractivity contribution in [2.75, 3.05) is 13.1 Å². The van der Waals surface area contributed by atoms with E-state index in [-0.39, 0.29) is 19.1 Å². The fourth-order valence-electron chi connectivity index (χ4n) is 2.97. The molecular weight excluding hydrogens is 480 g/mol. The number of alkyl carbamates (subject to hydrolysis) is 1. The maximum absolute atomic E-state index is 12.9. The van der Waals surface area contributed by atoms with Gasteiger partial charge >= 0.3 is 12.1 Å². The molecule has 0 saturated carbocycles. The van der Waals surface area contributed by atoms with Crippen LogP contribution in [0.15, 0.2) is 30.3 Å². The van der Waals surface area contributed by atoms with E-state index in [4.69, 9.17) is 9.47 Å². The molecule has 0 aliphatic heterocycles. The molecule has 1 atom stereocenters. The topological polar surface area (TPSA) is 152 Å². The molecule has 0 unspecified atom stereocenters. The molecule has 0 heterocycles. The van der Waals surface area contributed by atoms with E-state index in [1.54, 1.807) is 32.9 Å². The lowest BCUT2D eigenvalue weighted by Crippen LogP contribution is -2.58. The Balaban J connectivity index is 2.53. The number of amides is 4. The maximum atomic E-state index is 12.9. The summed E-state index contributed by atoms with van der Waals surface area (Å²) in [5.74, 6) is -2.31. The highest BCUT2D eigenvalue weighted by molar-refractivity contribution is 5.93. The summed E-state index contributed by atoms with van der Waals surface area (Å²) in [6.45, 7) is 11.2. The molecule has 37 heavy (non-hydrogen) atoms. The fraction of sp³-hybridized carbons (Fsp3) is 0.577. The summed E-state index contributed by atoms with van der Waals surface area (Å²) in [5, 5.41) is 9.90. The average Bonchev–Trinajstić information content (AvgIpc) is 2.78. The van der Waals surface area contributed by atoms with Crippen LogP contribution in [0, 0.1) is 5.92 Å². The summed E-state index contributed by atoms with van der Waals surface area (Å²) in [6.07, 6.45) is -0.463. The lowest BCUT2D eigenvalue weighted by molar-refractivity contribution is -0.163. The number of hydrogen-bond acceptors (Lipinski definition) is 7. The minimum atomic E-state index is -1.32. The van der Waals surface area contributed by atoms with Crippen molar-refractivity contribution >= 4 is 29.8 Å². The lowest BCUT2D eigenvalue weighted by Gasteiger charge is -2.31. The molecule has 0 aliphatic rings. The van der Waals surface area contributed by atoms with E-state index in [1.807, 2.05) is 32.0 Å². The predicted octanol–water partition coefficient (Wildman–Crippen LogP) is 1.80. The van der Waals surface area contributed by atoms with Crippen molar-refractivity contribution in [3.8, 4) is 0 Å². The summed E-state index contributed by atoms with van der Waals surface area (Å²) in [5.41, 5.74) is -1.25. The van der Waals surface area contributed by atoms with Crippen LogP contribution in [0.3, 0.4) is 0 Å². The Morgan fingerprint density at radius 2 is 1.46 bits per heavy atom. The molecule has 0 fully saturated rings. The molecule has 4 amide bonds. The van der Waals surface area contributed by atoms with Crippen molar-refractivity contribution in [1.82, 2.24) is 21.3 Å². The first-order valence-electron chi connectivity index (χ1n) is 12.1. The minimum Gasteiger partial charge on any atom is -0.458 e. The second-order valence-corrected chi connectivity index (χ2v) is 10.6. The highest BCUT2D eigenvalue weighted by Crippen LogP contribution is 2.15. The van der Waals surface area contributed by atoms with Crippen LogP contribution in [0.5, 0.6) is 0 Å². The minimum absolute atomic E-state index is 0.0563. The summed E-state index contributed by atoms with van der Waals surface area (Å²) in [6, 6.07) is 8.12. The van der Waals surface area contributed by atoms with E-state index in [0.29, 0.717) is 6.42 Å². The van der Waals surface area contributed by atoms with Gasteiger partial charge in [-0.2, -0.15) is 0 Å². The molecule has 11 nitrogen and oxygen atoms in total. The number of ether oxygens (including phenoxy) is 2. The van der Waals surface area contributed by atoms with Gasteiger partial charge < -0.3 is 30.7 Å². The van der Waals surface area contributed by atoms with Gasteiger partial charge in [-0.25, -0.2) is 9.59 Å². The first kappa shape index (κ1) is 31.4. The van der Waals surface area contributed by atoms with Gasteiger partial charge in [-0.3, -0.25) is 14.4 Å². The standard InChI is InChI=1S/C26H40N4O7/c1-17(2)13-19(22(33)30-26(6,7)23(34)37-25(3,4)5)29-21(32)15-27-20(31)14-28-24(35)36-16-18-11-9-8-10-12-18/h8-12,17,19H,13-16H2,1-7H3,(H,27,31)(H,28,35)(H,29,32)(H,30,33)/t19-/m0/s1. The Morgan fingerprint density at radius 1 is 0.865 bits per heavy atom. The monoisotopic (exact) mass is 520 g/mol. The summed E-state index contributed by atoms with van der Waals surface area (Å²) in [4.78, 5) is 61.5. The van der Waals surface area contributed by atoms with Crippen molar-refractivity contribution in [1.29, 1.82) is 0 Å². The van der Waals surface area contributed by atoms with Gasteiger partial charge in [0.1, 0.15) is 30.3 Å². The van der Waals surface area contributed by atoms with Crippen molar-refractivity contribution in [2.45, 2.75) is 78.7 Å². The van der Waals surface area contributed by atoms with E-state index in [2.05, 4.69) is 21.3 Å². The first-order chi connectivity index (χ1) is 17.1. The molecule has 0 bridgehead atoms. The smallest absolute Gasteiger partial charge is 0.407 e. The van der Waals surface area contributed by atoms with Crippen LogP contribution in [0.4, 0.5) is 4.79 Å². The van der Waals surface area contributed by atoms with Crippen molar-refractivity contribution in [3.63, 3.8) is 0 Å². The maximum Gasteiger partial charge on any atom is 0.407 e. The predicted molar refractivity (Wildman–Crippen MR) is 137 cm³/mol. The molecule has 1 aromatic rings. The molecule has 1 aromatic carbocycles. The molecule has 1 rings (SSSR count). The molecule has 0 aromatic heterocycles. The van der Waals surface area contributed by atoms with Crippen LogP contribution in [0.2, 0.25) is 0 Å². The van der Waals surface area contributed by atoms with Crippen molar-refractivity contribution < 1.29 is 33.4 Å². The van der Waals surface area contributed by atoms with Gasteiger partial charge in [-0.15, -0.1) is 0 Å². The number of hydrogen-bond donors (Lipinski definition) is 4. The molecule has 4 N–H and O–H groups in total. The van der Waals surface area contributed by atoms with Crippen LogP contribution in [0.1, 0.15) is 60.5 Å². The Kier molecular flexibility index (Phi) is 12.0. The first-order valence-corrected chi connectivity index (χ1v) is 12.1. The van der Waals surface area contributed by atoms with Crippen LogP contribution >= 0.6 is 0 Å². The van der Waals surface area contributed by atoms with Gasteiger partial charge in [-0.1, -0.05) is 44.2 Å². The Bertz CT molecular complexity index is 940. The Morgan fingerprint density at radius 3 is 2.03 bits per heavy atom. The number of benzene rings is 1. The van der Waals surface area contributed by atoms with E-state index < -0.39 is 53.5 Å². The van der Waals surface area contributed by atoms with Crippen molar-refractivity contribution in [3.05, 3.63) is 35.9 Å². The Labute approximate surface area is 218 Å². The summed E-state index contributed by atoms with van der Waals surface area (Å²) in [7, 11) is 0. The second-order valence-electron chi connectivity index (χ2n) is 10.6. The molecule has 0 radical (unpaired) electrons. The number of carbonyl (C=O) groups is 5. The number of nitrogens with one attached hydrogen (secondary N) is 4. The fourth-order valence-corrected chi connectivity index (χ4v) is 2.97. The van der Waals surface area contributed by atoms with Gasteiger partial charge in [0.15, 0.2) is 0 Å². The third-order valence-electron chi connectivity index (χ3n) is 4.76. The zero-order valence-corrected chi connectivity index (χ0v) is 22.7. The third-order valence-corrected chi connectivity index (χ3v) is 4.76. The SMILES string of the molecule is CC(C)C[C@H](NC(=O)CNC(=O)CNC(=O)OCc1ccccc1)C(=O)NC(C)(C)C(=O)OC(C)(C)C. The largest absolute Gasteiger partial charge is 0.458 e. The van der Waals surface area contributed by atoms with Crippen LogP contribution < -0.4 is 21.3 Å². The molecule has 0 saturated heterocycles. The highest BCUT2D eigenvalue weighted by atomic mass is 16.6. The number of esters is 1. The molecule has 0 aliphatic carbocycles. The Hall–Kier alpha value is -3.63. The molecule has 206 valence electrons. The van der Waals surface area contributed by atoms with Crippen LogP contribution in [-0.4, -0.2) is 60.1 Å². The van der Waals surface area contributed by atoms with Gasteiger partial charge in [-0.05, 0) is 52.5 Å². The normalized spacial score (nSPS) is 12.2. The quantitative estimate of drug-likeness (QED) is 0.307. The van der Waals surface area contributed by atoms with E-state index in [9.17, 15) is 24.0 Å². The molecule has 11 heteroatoms. The van der Waals surface area contributed by atoms with Gasteiger partial charge in [0.05, 0.1) is 6.54 Å². The zero-order valence-electron chi connectivity index (χ0n) is 22.7. The third kappa shape index (κ3) is 13.3. The highest BCUT2D eigenvalue weighted by Gasteiger charge is 2.36. The van der Waals surface area contributed by atoms with Crippen LogP contribution in [0.25, 0.3) is 0 Å². The average molecular weight is 521 g/mol. The lowest BCUT2D eigenvalue weighted by atomic mass is 10.00. The van der Waals surface area contributed by atoms with Crippen molar-refractivity contribution in [2.24, 2.45) is 5.92 Å². The molecular formula is C26H40N4O7. The van der Waals surface area contributed by atoms with Gasteiger partial charge in [0.2, 0.25) is 17.7 Å². The van der Waals surface area contributed by atoms with E-state index >= 15 is 0 Å². The van der Waals surface area contributed by atoms with Gasteiger partial charge in [0.25, 0.3) is 0 Å². The van der Waals surface area contributed by atoms with Gasteiger partial charge in [0, 0.05) is 0 Å². The van der Waals surface area contributed by atoms with Crippen LogP contribution in [-0.2, 0) is 35.3 Å². The van der Waals surface area contributed by atoms with E-state index in [0.717, 1.165) is 5.56 Å². The summed E-state index contributed by atoms with van der Waals surface area (Å²) >= 11 is 0. The zero-order chi connectivity index (χ0) is 28.2.